The van der Waals surface area contributed by atoms with Crippen LogP contribution in [-0.4, -0.2) is 6.04 Å². The lowest BCUT2D eigenvalue weighted by Crippen LogP contribution is -2.33. The van der Waals surface area contributed by atoms with Crippen LogP contribution in [0.25, 0.3) is 0 Å². The van der Waals surface area contributed by atoms with E-state index in [1.807, 2.05) is 0 Å². The second-order valence-corrected chi connectivity index (χ2v) is 4.43. The van der Waals surface area contributed by atoms with Gasteiger partial charge in [0, 0.05) is 6.04 Å². The molecule has 0 spiro atoms. The van der Waals surface area contributed by atoms with Gasteiger partial charge in [-0.05, 0) is 38.0 Å². The smallest absolute Gasteiger partial charge is 0.0107 e. The number of nitrogens with two attached hydrogens (primary N) is 1. The molecule has 0 fully saturated rings. The van der Waals surface area contributed by atoms with Crippen molar-refractivity contribution in [1.82, 2.24) is 0 Å². The van der Waals surface area contributed by atoms with Gasteiger partial charge in [-0.3, -0.25) is 0 Å². The van der Waals surface area contributed by atoms with E-state index in [4.69, 9.17) is 5.73 Å². The molecule has 1 aliphatic carbocycles. The molecule has 0 saturated heterocycles. The molecule has 0 amide bonds. The van der Waals surface area contributed by atoms with E-state index in [1.165, 1.54) is 24.8 Å². The molecule has 12 heavy (non-hydrogen) atoms. The monoisotopic (exact) mass is 167 g/mol. The number of hydrogen-bond acceptors (Lipinski definition) is 1. The van der Waals surface area contributed by atoms with Crippen molar-refractivity contribution >= 4 is 0 Å². The standard InChI is InChI=1S/C11H21N/c1-8(2)7-10-9(3)5-4-6-11(10)12/h5,8,10-11H,4,6-7,12H2,1-3H3. The van der Waals surface area contributed by atoms with Gasteiger partial charge in [-0.25, -0.2) is 0 Å². The van der Waals surface area contributed by atoms with E-state index in [1.54, 1.807) is 0 Å². The van der Waals surface area contributed by atoms with Crippen LogP contribution in [0.2, 0.25) is 0 Å². The van der Waals surface area contributed by atoms with Crippen LogP contribution in [0.4, 0.5) is 0 Å². The van der Waals surface area contributed by atoms with Crippen molar-refractivity contribution in [2.24, 2.45) is 17.6 Å². The van der Waals surface area contributed by atoms with Gasteiger partial charge in [0.05, 0.1) is 0 Å². The average Bonchev–Trinajstić information content (AvgIpc) is 1.97. The van der Waals surface area contributed by atoms with E-state index < -0.39 is 0 Å². The SMILES string of the molecule is CC1=CCCC(N)C1CC(C)C. The molecule has 2 atom stereocenters. The Kier molecular flexibility index (Phi) is 3.33. The average molecular weight is 167 g/mol. The van der Waals surface area contributed by atoms with Gasteiger partial charge in [-0.2, -0.15) is 0 Å². The van der Waals surface area contributed by atoms with Gasteiger partial charge >= 0.3 is 0 Å². The quantitative estimate of drug-likeness (QED) is 0.629. The first-order valence-corrected chi connectivity index (χ1v) is 5.03. The van der Waals surface area contributed by atoms with E-state index in [0.29, 0.717) is 12.0 Å². The molecule has 1 heteroatoms. The van der Waals surface area contributed by atoms with Gasteiger partial charge in [0.1, 0.15) is 0 Å². The Balaban J connectivity index is 2.58. The van der Waals surface area contributed by atoms with Crippen molar-refractivity contribution in [3.63, 3.8) is 0 Å². The number of hydrogen-bond donors (Lipinski definition) is 1. The zero-order chi connectivity index (χ0) is 9.14. The molecule has 0 aromatic heterocycles. The van der Waals surface area contributed by atoms with E-state index in [2.05, 4.69) is 26.8 Å². The van der Waals surface area contributed by atoms with Crippen molar-refractivity contribution in [2.75, 3.05) is 0 Å². The van der Waals surface area contributed by atoms with Crippen molar-refractivity contribution < 1.29 is 0 Å². The van der Waals surface area contributed by atoms with Crippen LogP contribution in [0.3, 0.4) is 0 Å². The highest BCUT2D eigenvalue weighted by atomic mass is 14.7. The molecular weight excluding hydrogens is 146 g/mol. The highest BCUT2D eigenvalue weighted by Crippen LogP contribution is 2.28. The summed E-state index contributed by atoms with van der Waals surface area (Å²) < 4.78 is 0. The fourth-order valence-corrected chi connectivity index (χ4v) is 2.06. The maximum atomic E-state index is 6.08. The third-order valence-corrected chi connectivity index (χ3v) is 2.79. The lowest BCUT2D eigenvalue weighted by atomic mass is 9.80. The summed E-state index contributed by atoms with van der Waals surface area (Å²) >= 11 is 0. The summed E-state index contributed by atoms with van der Waals surface area (Å²) in [6.45, 7) is 6.77. The normalized spacial score (nSPS) is 30.6. The van der Waals surface area contributed by atoms with E-state index in [9.17, 15) is 0 Å². The minimum Gasteiger partial charge on any atom is -0.327 e. The van der Waals surface area contributed by atoms with E-state index >= 15 is 0 Å². The highest BCUT2D eigenvalue weighted by Gasteiger charge is 2.22. The second-order valence-electron chi connectivity index (χ2n) is 4.43. The Hall–Kier alpha value is -0.300. The minimum absolute atomic E-state index is 0.414. The summed E-state index contributed by atoms with van der Waals surface area (Å²) in [6, 6.07) is 0.414. The number of rotatable bonds is 2. The lowest BCUT2D eigenvalue weighted by Gasteiger charge is -2.29. The van der Waals surface area contributed by atoms with Gasteiger partial charge in [-0.1, -0.05) is 25.5 Å². The van der Waals surface area contributed by atoms with Gasteiger partial charge < -0.3 is 5.73 Å². The summed E-state index contributed by atoms with van der Waals surface area (Å²) in [5, 5.41) is 0. The van der Waals surface area contributed by atoms with Gasteiger partial charge in [0.25, 0.3) is 0 Å². The predicted octanol–water partition coefficient (Wildman–Crippen LogP) is 2.72. The topological polar surface area (TPSA) is 26.0 Å². The van der Waals surface area contributed by atoms with Crippen LogP contribution in [-0.2, 0) is 0 Å². The molecule has 1 rings (SSSR count). The van der Waals surface area contributed by atoms with E-state index in [-0.39, 0.29) is 0 Å². The minimum atomic E-state index is 0.414. The zero-order valence-electron chi connectivity index (χ0n) is 8.51. The van der Waals surface area contributed by atoms with Crippen LogP contribution >= 0.6 is 0 Å². The third kappa shape index (κ3) is 2.34. The van der Waals surface area contributed by atoms with Crippen molar-refractivity contribution in [2.45, 2.75) is 46.1 Å². The van der Waals surface area contributed by atoms with Gasteiger partial charge in [0.15, 0.2) is 0 Å². The first-order chi connectivity index (χ1) is 5.61. The molecule has 0 aromatic carbocycles. The first kappa shape index (κ1) is 9.79. The molecule has 0 heterocycles. The van der Waals surface area contributed by atoms with E-state index in [0.717, 1.165) is 5.92 Å². The Labute approximate surface area is 76.0 Å². The molecule has 2 unspecified atom stereocenters. The molecule has 0 saturated carbocycles. The molecule has 70 valence electrons. The predicted molar refractivity (Wildman–Crippen MR) is 53.9 cm³/mol. The highest BCUT2D eigenvalue weighted by molar-refractivity contribution is 5.10. The van der Waals surface area contributed by atoms with Crippen LogP contribution in [0.1, 0.15) is 40.0 Å². The van der Waals surface area contributed by atoms with Crippen molar-refractivity contribution in [3.05, 3.63) is 11.6 Å². The Morgan fingerprint density at radius 1 is 1.58 bits per heavy atom. The largest absolute Gasteiger partial charge is 0.327 e. The Bertz CT molecular complexity index is 170. The number of allylic oxidation sites excluding steroid dienone is 1. The van der Waals surface area contributed by atoms with Crippen LogP contribution in [0, 0.1) is 11.8 Å². The molecule has 0 aromatic rings. The molecule has 1 aliphatic rings. The Morgan fingerprint density at radius 3 is 2.75 bits per heavy atom. The van der Waals surface area contributed by atoms with Crippen LogP contribution in [0.5, 0.6) is 0 Å². The third-order valence-electron chi connectivity index (χ3n) is 2.79. The Morgan fingerprint density at radius 2 is 2.25 bits per heavy atom. The fraction of sp³-hybridized carbons (Fsp3) is 0.818. The fourth-order valence-electron chi connectivity index (χ4n) is 2.06. The van der Waals surface area contributed by atoms with Gasteiger partial charge in [0.2, 0.25) is 0 Å². The molecule has 0 radical (unpaired) electrons. The summed E-state index contributed by atoms with van der Waals surface area (Å²) in [4.78, 5) is 0. The summed E-state index contributed by atoms with van der Waals surface area (Å²) in [5.74, 6) is 1.42. The van der Waals surface area contributed by atoms with Gasteiger partial charge in [-0.15, -0.1) is 0 Å². The maximum absolute atomic E-state index is 6.08. The summed E-state index contributed by atoms with van der Waals surface area (Å²) in [5.41, 5.74) is 7.59. The maximum Gasteiger partial charge on any atom is 0.0107 e. The lowest BCUT2D eigenvalue weighted by molar-refractivity contribution is 0.363. The molecule has 2 N–H and O–H groups in total. The summed E-state index contributed by atoms with van der Waals surface area (Å²) in [7, 11) is 0. The molecule has 1 nitrogen and oxygen atoms in total. The van der Waals surface area contributed by atoms with Crippen LogP contribution < -0.4 is 5.73 Å². The molecule has 0 bridgehead atoms. The van der Waals surface area contributed by atoms with Crippen molar-refractivity contribution in [1.29, 1.82) is 0 Å². The molecule has 0 aliphatic heterocycles. The summed E-state index contributed by atoms with van der Waals surface area (Å²) in [6.07, 6.45) is 5.97. The van der Waals surface area contributed by atoms with Crippen LogP contribution in [0.15, 0.2) is 11.6 Å². The zero-order valence-corrected chi connectivity index (χ0v) is 8.51. The first-order valence-electron chi connectivity index (χ1n) is 5.03. The van der Waals surface area contributed by atoms with Crippen molar-refractivity contribution in [3.8, 4) is 0 Å². The second kappa shape index (κ2) is 4.08. The molecular formula is C11H21N.